The van der Waals surface area contributed by atoms with Crippen molar-refractivity contribution in [2.24, 2.45) is 5.92 Å². The second-order valence-corrected chi connectivity index (χ2v) is 7.01. The van der Waals surface area contributed by atoms with Crippen LogP contribution in [0.2, 0.25) is 0 Å². The molecule has 0 bridgehead atoms. The van der Waals surface area contributed by atoms with E-state index in [4.69, 9.17) is 0 Å². The van der Waals surface area contributed by atoms with E-state index < -0.39 is 0 Å². The molecule has 1 heterocycles. The van der Waals surface area contributed by atoms with Crippen LogP contribution in [0.25, 0.3) is 6.08 Å². The number of nitrogens with one attached hydrogen (secondary N) is 1. The highest BCUT2D eigenvalue weighted by atomic mass is 19.1. The summed E-state index contributed by atoms with van der Waals surface area (Å²) in [5, 5.41) is 2.93. The van der Waals surface area contributed by atoms with Crippen molar-refractivity contribution in [3.8, 4) is 0 Å². The Balaban J connectivity index is 1.40. The molecule has 28 heavy (non-hydrogen) atoms. The molecule has 4 nitrogen and oxygen atoms in total. The van der Waals surface area contributed by atoms with Crippen molar-refractivity contribution in [2.45, 2.75) is 19.3 Å². The van der Waals surface area contributed by atoms with Gasteiger partial charge < -0.3 is 10.2 Å². The molecule has 1 aliphatic heterocycles. The van der Waals surface area contributed by atoms with Crippen molar-refractivity contribution in [2.75, 3.05) is 19.6 Å². The zero-order chi connectivity index (χ0) is 19.8. The summed E-state index contributed by atoms with van der Waals surface area (Å²) >= 11 is 0. The minimum Gasteiger partial charge on any atom is -0.356 e. The average Bonchev–Trinajstić information content (AvgIpc) is 2.73. The highest BCUT2D eigenvalue weighted by Gasteiger charge is 2.26. The summed E-state index contributed by atoms with van der Waals surface area (Å²) in [4.78, 5) is 26.4. The van der Waals surface area contributed by atoms with Gasteiger partial charge in [-0.05, 0) is 48.6 Å². The van der Waals surface area contributed by atoms with Crippen molar-refractivity contribution < 1.29 is 14.0 Å². The van der Waals surface area contributed by atoms with Gasteiger partial charge in [0.05, 0.1) is 0 Å². The Bertz CT molecular complexity index is 828. The van der Waals surface area contributed by atoms with Gasteiger partial charge in [0.2, 0.25) is 11.8 Å². The van der Waals surface area contributed by atoms with Crippen LogP contribution in [-0.2, 0) is 16.0 Å². The van der Waals surface area contributed by atoms with Crippen molar-refractivity contribution >= 4 is 17.9 Å². The highest BCUT2D eigenvalue weighted by Crippen LogP contribution is 2.18. The second kappa shape index (κ2) is 9.83. The largest absolute Gasteiger partial charge is 0.356 e. The molecule has 1 aliphatic rings. The number of piperidine rings is 1. The lowest BCUT2D eigenvalue weighted by molar-refractivity contribution is -0.132. The Kier molecular flexibility index (Phi) is 6.95. The zero-order valence-electron chi connectivity index (χ0n) is 15.8. The third-order valence-electron chi connectivity index (χ3n) is 5.00. The first kappa shape index (κ1) is 19.8. The fourth-order valence-electron chi connectivity index (χ4n) is 3.37. The smallest absolute Gasteiger partial charge is 0.246 e. The Hall–Kier alpha value is -2.95. The van der Waals surface area contributed by atoms with Crippen LogP contribution in [0, 0.1) is 11.7 Å². The molecular weight excluding hydrogens is 355 g/mol. The van der Waals surface area contributed by atoms with Gasteiger partial charge in [0.1, 0.15) is 5.82 Å². The molecule has 0 saturated carbocycles. The van der Waals surface area contributed by atoms with E-state index in [-0.39, 0.29) is 23.5 Å². The maximum Gasteiger partial charge on any atom is 0.246 e. The summed E-state index contributed by atoms with van der Waals surface area (Å²) in [6.07, 6.45) is 5.33. The average molecular weight is 380 g/mol. The molecule has 2 aromatic rings. The first-order valence-electron chi connectivity index (χ1n) is 9.66. The van der Waals surface area contributed by atoms with E-state index >= 15 is 0 Å². The lowest BCUT2D eigenvalue weighted by Gasteiger charge is -2.30. The number of halogens is 1. The van der Waals surface area contributed by atoms with E-state index in [0.29, 0.717) is 38.9 Å². The summed E-state index contributed by atoms with van der Waals surface area (Å²) < 4.78 is 13.2. The lowest BCUT2D eigenvalue weighted by Crippen LogP contribution is -2.42. The maximum atomic E-state index is 13.2. The van der Waals surface area contributed by atoms with Gasteiger partial charge in [-0.15, -0.1) is 0 Å². The third kappa shape index (κ3) is 5.78. The molecule has 0 atom stereocenters. The van der Waals surface area contributed by atoms with Gasteiger partial charge in [-0.25, -0.2) is 4.39 Å². The van der Waals surface area contributed by atoms with Crippen LogP contribution in [0.5, 0.6) is 0 Å². The summed E-state index contributed by atoms with van der Waals surface area (Å²) in [5.74, 6) is -0.339. The minimum atomic E-state index is -0.262. The number of rotatable bonds is 6. The topological polar surface area (TPSA) is 49.4 Å². The molecule has 2 amide bonds. The standard InChI is InChI=1S/C23H25FN2O2/c24-21-8-4-7-19(17-21)11-14-25-23(28)20-12-15-26(16-13-20)22(27)10-9-18-5-2-1-3-6-18/h1-10,17,20H,11-16H2,(H,25,28)/b10-9+. The van der Waals surface area contributed by atoms with Crippen LogP contribution in [0.15, 0.2) is 60.7 Å². The predicted molar refractivity (Wildman–Crippen MR) is 108 cm³/mol. The van der Waals surface area contributed by atoms with Gasteiger partial charge in [-0.3, -0.25) is 9.59 Å². The normalized spacial score (nSPS) is 15.0. The summed E-state index contributed by atoms with van der Waals surface area (Å²) in [7, 11) is 0. The van der Waals surface area contributed by atoms with Crippen molar-refractivity contribution in [1.29, 1.82) is 0 Å². The molecule has 0 radical (unpaired) electrons. The monoisotopic (exact) mass is 380 g/mol. The Morgan fingerprint density at radius 2 is 1.82 bits per heavy atom. The van der Waals surface area contributed by atoms with E-state index in [1.54, 1.807) is 17.0 Å². The molecule has 2 aromatic carbocycles. The number of hydrogen-bond acceptors (Lipinski definition) is 2. The van der Waals surface area contributed by atoms with E-state index in [9.17, 15) is 14.0 Å². The molecule has 0 unspecified atom stereocenters. The molecule has 1 fully saturated rings. The number of nitrogens with zero attached hydrogens (tertiary/aromatic N) is 1. The van der Waals surface area contributed by atoms with E-state index in [1.807, 2.05) is 42.5 Å². The van der Waals surface area contributed by atoms with E-state index in [0.717, 1.165) is 11.1 Å². The molecular formula is C23H25FN2O2. The highest BCUT2D eigenvalue weighted by molar-refractivity contribution is 5.92. The molecule has 0 aromatic heterocycles. The first-order chi connectivity index (χ1) is 13.6. The minimum absolute atomic E-state index is 0.0170. The molecule has 0 spiro atoms. The third-order valence-corrected chi connectivity index (χ3v) is 5.00. The van der Waals surface area contributed by atoms with Gasteiger partial charge in [0.25, 0.3) is 0 Å². The fourth-order valence-corrected chi connectivity index (χ4v) is 3.37. The van der Waals surface area contributed by atoms with Gasteiger partial charge in [0, 0.05) is 31.6 Å². The molecule has 1 saturated heterocycles. The molecule has 146 valence electrons. The molecule has 1 N–H and O–H groups in total. The van der Waals surface area contributed by atoms with Crippen molar-refractivity contribution in [3.63, 3.8) is 0 Å². The predicted octanol–water partition coefficient (Wildman–Crippen LogP) is 3.44. The van der Waals surface area contributed by atoms with Crippen molar-refractivity contribution in [1.82, 2.24) is 10.2 Å². The summed E-state index contributed by atoms with van der Waals surface area (Å²) in [6, 6.07) is 16.1. The van der Waals surface area contributed by atoms with E-state index in [2.05, 4.69) is 5.32 Å². The Morgan fingerprint density at radius 1 is 1.07 bits per heavy atom. The number of hydrogen-bond donors (Lipinski definition) is 1. The fraction of sp³-hybridized carbons (Fsp3) is 0.304. The van der Waals surface area contributed by atoms with Crippen LogP contribution < -0.4 is 5.32 Å². The molecule has 0 aliphatic carbocycles. The number of carbonyl (C=O) groups excluding carboxylic acids is 2. The maximum absolute atomic E-state index is 13.2. The van der Waals surface area contributed by atoms with Crippen LogP contribution in [-0.4, -0.2) is 36.3 Å². The molecule has 3 rings (SSSR count). The van der Waals surface area contributed by atoms with Gasteiger partial charge in [-0.1, -0.05) is 42.5 Å². The number of carbonyl (C=O) groups is 2. The van der Waals surface area contributed by atoms with Crippen LogP contribution >= 0.6 is 0 Å². The zero-order valence-corrected chi connectivity index (χ0v) is 15.8. The van der Waals surface area contributed by atoms with Gasteiger partial charge in [0.15, 0.2) is 0 Å². The van der Waals surface area contributed by atoms with Gasteiger partial charge in [-0.2, -0.15) is 0 Å². The number of benzene rings is 2. The first-order valence-corrected chi connectivity index (χ1v) is 9.66. The van der Waals surface area contributed by atoms with E-state index in [1.165, 1.54) is 12.1 Å². The number of amides is 2. The summed E-state index contributed by atoms with van der Waals surface area (Å²) in [5.41, 5.74) is 1.86. The van der Waals surface area contributed by atoms with Crippen LogP contribution in [0.3, 0.4) is 0 Å². The second-order valence-electron chi connectivity index (χ2n) is 7.01. The quantitative estimate of drug-likeness (QED) is 0.781. The molecule has 5 heteroatoms. The summed E-state index contributed by atoms with van der Waals surface area (Å²) in [6.45, 7) is 1.65. The number of likely N-dealkylation sites (tertiary alicyclic amines) is 1. The SMILES string of the molecule is O=C(NCCc1cccc(F)c1)C1CCN(C(=O)/C=C/c2ccccc2)CC1. The Morgan fingerprint density at radius 3 is 2.54 bits per heavy atom. The van der Waals surface area contributed by atoms with Gasteiger partial charge >= 0.3 is 0 Å². The van der Waals surface area contributed by atoms with Crippen LogP contribution in [0.1, 0.15) is 24.0 Å². The lowest BCUT2D eigenvalue weighted by atomic mass is 9.95. The van der Waals surface area contributed by atoms with Crippen molar-refractivity contribution in [3.05, 3.63) is 77.6 Å². The Labute approximate surface area is 165 Å². The van der Waals surface area contributed by atoms with Crippen LogP contribution in [0.4, 0.5) is 4.39 Å².